The van der Waals surface area contributed by atoms with Gasteiger partial charge < -0.3 is 4.90 Å². The van der Waals surface area contributed by atoms with E-state index in [0.717, 1.165) is 6.42 Å². The SMILES string of the molecule is C=CC=CC(=O)N(C)CCC=C. The highest BCUT2D eigenvalue weighted by Crippen LogP contribution is 1.90. The molecular weight excluding hydrogens is 150 g/mol. The summed E-state index contributed by atoms with van der Waals surface area (Å²) >= 11 is 0. The van der Waals surface area contributed by atoms with Gasteiger partial charge in [-0.1, -0.05) is 24.8 Å². The Bertz CT molecular complexity index is 194. The van der Waals surface area contributed by atoms with Gasteiger partial charge in [-0.15, -0.1) is 6.58 Å². The molecule has 2 nitrogen and oxygen atoms in total. The van der Waals surface area contributed by atoms with E-state index in [1.807, 2.05) is 0 Å². The van der Waals surface area contributed by atoms with Crippen LogP contribution in [0.4, 0.5) is 0 Å². The Morgan fingerprint density at radius 2 is 2.17 bits per heavy atom. The maximum Gasteiger partial charge on any atom is 0.246 e. The van der Waals surface area contributed by atoms with Crippen LogP contribution in [0.5, 0.6) is 0 Å². The number of hydrogen-bond acceptors (Lipinski definition) is 1. The van der Waals surface area contributed by atoms with Gasteiger partial charge in [-0.2, -0.15) is 0 Å². The molecule has 0 aliphatic heterocycles. The highest BCUT2D eigenvalue weighted by molar-refractivity contribution is 5.87. The summed E-state index contributed by atoms with van der Waals surface area (Å²) in [5.41, 5.74) is 0. The topological polar surface area (TPSA) is 20.3 Å². The number of amides is 1. The smallest absolute Gasteiger partial charge is 0.246 e. The number of carbonyl (C=O) groups is 1. The van der Waals surface area contributed by atoms with Gasteiger partial charge in [0.05, 0.1) is 0 Å². The Morgan fingerprint density at radius 1 is 1.50 bits per heavy atom. The van der Waals surface area contributed by atoms with Crippen LogP contribution in [-0.2, 0) is 4.79 Å². The molecule has 0 fully saturated rings. The Balaban J connectivity index is 3.83. The third-order valence-corrected chi connectivity index (χ3v) is 1.42. The zero-order valence-electron chi connectivity index (χ0n) is 7.49. The largest absolute Gasteiger partial charge is 0.342 e. The first-order valence-corrected chi connectivity index (χ1v) is 3.87. The highest BCUT2D eigenvalue weighted by Gasteiger charge is 2.01. The second-order valence-electron chi connectivity index (χ2n) is 2.43. The van der Waals surface area contributed by atoms with E-state index in [9.17, 15) is 4.79 Å². The van der Waals surface area contributed by atoms with Gasteiger partial charge in [0.25, 0.3) is 0 Å². The maximum atomic E-state index is 11.2. The molecule has 0 N–H and O–H groups in total. The minimum atomic E-state index is -0.00301. The molecule has 1 amide bonds. The third kappa shape index (κ3) is 4.50. The van der Waals surface area contributed by atoms with Gasteiger partial charge in [0.2, 0.25) is 5.91 Å². The first-order chi connectivity index (χ1) is 5.72. The van der Waals surface area contributed by atoms with Crippen LogP contribution in [0.15, 0.2) is 37.5 Å². The van der Waals surface area contributed by atoms with E-state index < -0.39 is 0 Å². The number of hydrogen-bond donors (Lipinski definition) is 0. The molecule has 66 valence electrons. The molecular formula is C10H15NO. The van der Waals surface area contributed by atoms with Crippen molar-refractivity contribution in [1.82, 2.24) is 4.90 Å². The van der Waals surface area contributed by atoms with E-state index in [0.29, 0.717) is 6.54 Å². The first-order valence-electron chi connectivity index (χ1n) is 3.87. The number of nitrogens with zero attached hydrogens (tertiary/aromatic N) is 1. The average Bonchev–Trinajstić information content (AvgIpc) is 2.10. The molecule has 0 radical (unpaired) electrons. The molecule has 0 aromatic carbocycles. The van der Waals surface area contributed by atoms with Crippen molar-refractivity contribution in [3.8, 4) is 0 Å². The van der Waals surface area contributed by atoms with Gasteiger partial charge in [-0.05, 0) is 6.42 Å². The van der Waals surface area contributed by atoms with Crippen molar-refractivity contribution in [1.29, 1.82) is 0 Å². The summed E-state index contributed by atoms with van der Waals surface area (Å²) in [6.45, 7) is 7.77. The van der Waals surface area contributed by atoms with Crippen LogP contribution in [-0.4, -0.2) is 24.4 Å². The van der Waals surface area contributed by atoms with Crippen LogP contribution >= 0.6 is 0 Å². The standard InChI is InChI=1S/C10H15NO/c1-4-6-8-10(12)11(3)9-7-5-2/h4-6,8H,1-2,7,9H2,3H3. The molecule has 2 heteroatoms. The zero-order valence-corrected chi connectivity index (χ0v) is 7.49. The molecule has 0 atom stereocenters. The molecule has 0 aliphatic rings. The lowest BCUT2D eigenvalue weighted by atomic mass is 10.3. The Kier molecular flexibility index (Phi) is 5.70. The molecule has 0 saturated carbocycles. The van der Waals surface area contributed by atoms with E-state index in [-0.39, 0.29) is 5.91 Å². The summed E-state index contributed by atoms with van der Waals surface area (Å²) in [5, 5.41) is 0. The van der Waals surface area contributed by atoms with E-state index in [4.69, 9.17) is 0 Å². The van der Waals surface area contributed by atoms with Gasteiger partial charge in [-0.3, -0.25) is 4.79 Å². The number of likely N-dealkylation sites (N-methyl/N-ethyl adjacent to an activating group) is 1. The van der Waals surface area contributed by atoms with Crippen LogP contribution in [0.3, 0.4) is 0 Å². The Labute approximate surface area is 73.9 Å². The van der Waals surface area contributed by atoms with Crippen molar-refractivity contribution in [2.75, 3.05) is 13.6 Å². The lowest BCUT2D eigenvalue weighted by molar-refractivity contribution is -0.124. The summed E-state index contributed by atoms with van der Waals surface area (Å²) in [4.78, 5) is 12.8. The van der Waals surface area contributed by atoms with Crippen molar-refractivity contribution in [2.45, 2.75) is 6.42 Å². The summed E-state index contributed by atoms with van der Waals surface area (Å²) < 4.78 is 0. The molecule has 12 heavy (non-hydrogen) atoms. The zero-order chi connectivity index (χ0) is 9.40. The second kappa shape index (κ2) is 6.40. The fraction of sp³-hybridized carbons (Fsp3) is 0.300. The number of allylic oxidation sites excluding steroid dienone is 2. The molecule has 0 rings (SSSR count). The van der Waals surface area contributed by atoms with Gasteiger partial charge in [0.15, 0.2) is 0 Å². The van der Waals surface area contributed by atoms with Gasteiger partial charge in [0.1, 0.15) is 0 Å². The van der Waals surface area contributed by atoms with Crippen molar-refractivity contribution in [3.63, 3.8) is 0 Å². The fourth-order valence-electron chi connectivity index (χ4n) is 0.673. The normalized spacial score (nSPS) is 9.75. The van der Waals surface area contributed by atoms with Crippen molar-refractivity contribution >= 4 is 5.91 Å². The van der Waals surface area contributed by atoms with Crippen LogP contribution in [0.1, 0.15) is 6.42 Å². The predicted octanol–water partition coefficient (Wildman–Crippen LogP) is 1.76. The molecule has 0 spiro atoms. The predicted molar refractivity (Wildman–Crippen MR) is 51.8 cm³/mol. The first kappa shape index (κ1) is 10.7. The minimum absolute atomic E-state index is 0.00301. The van der Waals surface area contributed by atoms with Gasteiger partial charge >= 0.3 is 0 Å². The van der Waals surface area contributed by atoms with Crippen molar-refractivity contribution in [2.24, 2.45) is 0 Å². The molecule has 0 bridgehead atoms. The average molecular weight is 165 g/mol. The monoisotopic (exact) mass is 165 g/mol. The van der Waals surface area contributed by atoms with Crippen molar-refractivity contribution < 1.29 is 4.79 Å². The molecule has 0 aliphatic carbocycles. The van der Waals surface area contributed by atoms with E-state index in [1.165, 1.54) is 6.08 Å². The van der Waals surface area contributed by atoms with Crippen LogP contribution < -0.4 is 0 Å². The lowest BCUT2D eigenvalue weighted by Gasteiger charge is -2.12. The van der Waals surface area contributed by atoms with Crippen LogP contribution in [0.25, 0.3) is 0 Å². The minimum Gasteiger partial charge on any atom is -0.342 e. The Morgan fingerprint density at radius 3 is 2.67 bits per heavy atom. The second-order valence-corrected chi connectivity index (χ2v) is 2.43. The molecule has 0 heterocycles. The summed E-state index contributed by atoms with van der Waals surface area (Å²) in [6.07, 6.45) is 7.33. The van der Waals surface area contributed by atoms with Gasteiger partial charge in [-0.25, -0.2) is 0 Å². The van der Waals surface area contributed by atoms with E-state index in [1.54, 1.807) is 30.2 Å². The Hall–Kier alpha value is -1.31. The molecule has 0 aromatic rings. The van der Waals surface area contributed by atoms with Gasteiger partial charge in [0, 0.05) is 19.7 Å². The number of rotatable bonds is 5. The van der Waals surface area contributed by atoms with Crippen LogP contribution in [0, 0.1) is 0 Å². The molecule has 0 saturated heterocycles. The highest BCUT2D eigenvalue weighted by atomic mass is 16.2. The summed E-state index contributed by atoms with van der Waals surface area (Å²) in [6, 6.07) is 0. The molecule has 0 unspecified atom stereocenters. The fourth-order valence-corrected chi connectivity index (χ4v) is 0.673. The quantitative estimate of drug-likeness (QED) is 0.345. The number of carbonyl (C=O) groups excluding carboxylic acids is 1. The molecule has 0 aromatic heterocycles. The third-order valence-electron chi connectivity index (χ3n) is 1.42. The van der Waals surface area contributed by atoms with E-state index in [2.05, 4.69) is 13.2 Å². The van der Waals surface area contributed by atoms with E-state index >= 15 is 0 Å². The lowest BCUT2D eigenvalue weighted by Crippen LogP contribution is -2.25. The summed E-state index contributed by atoms with van der Waals surface area (Å²) in [7, 11) is 1.76. The van der Waals surface area contributed by atoms with Crippen molar-refractivity contribution in [3.05, 3.63) is 37.5 Å². The maximum absolute atomic E-state index is 11.2. The summed E-state index contributed by atoms with van der Waals surface area (Å²) in [5.74, 6) is -0.00301. The van der Waals surface area contributed by atoms with Crippen LogP contribution in [0.2, 0.25) is 0 Å².